The van der Waals surface area contributed by atoms with E-state index in [1.54, 1.807) is 18.2 Å². The molecule has 0 unspecified atom stereocenters. The minimum Gasteiger partial charge on any atom is -0.326 e. The molecule has 5 heteroatoms. The van der Waals surface area contributed by atoms with Gasteiger partial charge < -0.3 is 5.32 Å². The predicted molar refractivity (Wildman–Crippen MR) is 84.1 cm³/mol. The van der Waals surface area contributed by atoms with Crippen LogP contribution in [0.2, 0.25) is 0 Å². The third-order valence-electron chi connectivity index (χ3n) is 4.21. The van der Waals surface area contributed by atoms with E-state index in [1.807, 2.05) is 26.0 Å². The van der Waals surface area contributed by atoms with Crippen molar-refractivity contribution in [2.45, 2.75) is 26.2 Å². The van der Waals surface area contributed by atoms with E-state index in [9.17, 15) is 14.9 Å². The number of nitro groups is 1. The quantitative estimate of drug-likeness (QED) is 0.678. The summed E-state index contributed by atoms with van der Waals surface area (Å²) in [5.74, 6) is -0.399. The van der Waals surface area contributed by atoms with E-state index >= 15 is 0 Å². The molecule has 1 aliphatic heterocycles. The Morgan fingerprint density at radius 1 is 1.14 bits per heavy atom. The van der Waals surface area contributed by atoms with Crippen LogP contribution in [0.25, 0.3) is 0 Å². The number of nitrogens with one attached hydrogen (secondary N) is 1. The number of nitrogens with zero attached hydrogens (tertiary/aromatic N) is 1. The zero-order valence-electron chi connectivity index (χ0n) is 12.4. The molecule has 5 nitrogen and oxygen atoms in total. The monoisotopic (exact) mass is 296 g/mol. The minimum absolute atomic E-state index is 0.0615. The van der Waals surface area contributed by atoms with Crippen LogP contribution in [0, 0.1) is 24.0 Å². The lowest BCUT2D eigenvalue weighted by atomic mass is 9.82. The van der Waals surface area contributed by atoms with Crippen molar-refractivity contribution in [1.29, 1.82) is 0 Å². The van der Waals surface area contributed by atoms with Gasteiger partial charge in [0.25, 0.3) is 5.69 Å². The van der Waals surface area contributed by atoms with Gasteiger partial charge in [0.05, 0.1) is 4.92 Å². The number of amides is 1. The Morgan fingerprint density at radius 2 is 1.82 bits per heavy atom. The molecule has 1 N–H and O–H groups in total. The third kappa shape index (κ3) is 2.35. The van der Waals surface area contributed by atoms with E-state index in [0.717, 1.165) is 22.4 Å². The molecule has 0 aromatic heterocycles. The number of carbonyl (C=O) groups is 1. The van der Waals surface area contributed by atoms with E-state index in [0.29, 0.717) is 5.56 Å². The van der Waals surface area contributed by atoms with Gasteiger partial charge in [-0.1, -0.05) is 24.3 Å². The maximum absolute atomic E-state index is 12.0. The van der Waals surface area contributed by atoms with Gasteiger partial charge in [-0.05, 0) is 36.6 Å². The summed E-state index contributed by atoms with van der Waals surface area (Å²) in [6.07, 6.45) is 0.223. The van der Waals surface area contributed by atoms with Gasteiger partial charge in [-0.3, -0.25) is 14.9 Å². The zero-order chi connectivity index (χ0) is 15.9. The van der Waals surface area contributed by atoms with Crippen molar-refractivity contribution >= 4 is 17.3 Å². The smallest absolute Gasteiger partial charge is 0.273 e. The molecule has 1 aliphatic rings. The zero-order valence-corrected chi connectivity index (χ0v) is 12.4. The van der Waals surface area contributed by atoms with E-state index in [-0.39, 0.29) is 28.9 Å². The average molecular weight is 296 g/mol. The van der Waals surface area contributed by atoms with Crippen LogP contribution in [-0.4, -0.2) is 10.8 Å². The first kappa shape index (κ1) is 14.3. The lowest BCUT2D eigenvalue weighted by Crippen LogP contribution is -2.24. The van der Waals surface area contributed by atoms with Crippen molar-refractivity contribution in [3.05, 3.63) is 68.8 Å². The molecule has 0 saturated carbocycles. The number of anilines is 1. The highest BCUT2D eigenvalue weighted by Crippen LogP contribution is 2.41. The van der Waals surface area contributed by atoms with Crippen molar-refractivity contribution in [2.75, 3.05) is 5.32 Å². The first-order chi connectivity index (χ1) is 10.5. The summed E-state index contributed by atoms with van der Waals surface area (Å²) in [5.41, 5.74) is 4.54. The average Bonchev–Trinajstić information content (AvgIpc) is 2.48. The van der Waals surface area contributed by atoms with Gasteiger partial charge in [0.15, 0.2) is 0 Å². The number of carbonyl (C=O) groups excluding carboxylic acids is 1. The molecule has 0 aliphatic carbocycles. The second-order valence-corrected chi connectivity index (χ2v) is 5.64. The van der Waals surface area contributed by atoms with Crippen LogP contribution in [0.15, 0.2) is 36.4 Å². The number of hydrogen-bond acceptors (Lipinski definition) is 3. The maximum Gasteiger partial charge on any atom is 0.273 e. The normalized spacial score (nSPS) is 16.8. The molecule has 0 bridgehead atoms. The Balaban J connectivity index is 2.20. The van der Waals surface area contributed by atoms with Crippen LogP contribution in [0.5, 0.6) is 0 Å². The van der Waals surface area contributed by atoms with E-state index < -0.39 is 0 Å². The Kier molecular flexibility index (Phi) is 3.41. The summed E-state index contributed by atoms with van der Waals surface area (Å²) in [4.78, 5) is 22.9. The van der Waals surface area contributed by atoms with Crippen molar-refractivity contribution in [1.82, 2.24) is 0 Å². The first-order valence-electron chi connectivity index (χ1n) is 7.11. The second kappa shape index (κ2) is 5.26. The number of hydrogen-bond donors (Lipinski definition) is 1. The van der Waals surface area contributed by atoms with Crippen molar-refractivity contribution in [2.24, 2.45) is 0 Å². The van der Waals surface area contributed by atoms with Crippen LogP contribution in [0.3, 0.4) is 0 Å². The summed E-state index contributed by atoms with van der Waals surface area (Å²) in [6.45, 7) is 3.98. The molecule has 0 saturated heterocycles. The first-order valence-corrected chi connectivity index (χ1v) is 7.11. The summed E-state index contributed by atoms with van der Waals surface area (Å²) in [5, 5.41) is 14.2. The van der Waals surface area contributed by atoms with E-state index in [1.165, 1.54) is 6.07 Å². The van der Waals surface area contributed by atoms with Crippen LogP contribution in [0.1, 0.15) is 34.6 Å². The molecule has 0 fully saturated rings. The highest BCUT2D eigenvalue weighted by Gasteiger charge is 2.31. The van der Waals surface area contributed by atoms with E-state index in [4.69, 9.17) is 0 Å². The van der Waals surface area contributed by atoms with Crippen LogP contribution >= 0.6 is 0 Å². The standard InChI is InChI=1S/C17H16N2O3/c1-10-7-14-13(9-17(20)18-15(14)8-11(10)2)12-5-3-4-6-16(12)19(21)22/h3-8,13H,9H2,1-2H3,(H,18,20)/t13-/m1/s1. The number of nitro benzene ring substituents is 1. The molecule has 1 amide bonds. The number of aryl methyl sites for hydroxylation is 2. The molecular formula is C17H16N2O3. The summed E-state index contributed by atoms with van der Waals surface area (Å²) in [7, 11) is 0. The maximum atomic E-state index is 12.0. The Bertz CT molecular complexity index is 783. The number of para-hydroxylation sites is 1. The summed E-state index contributed by atoms with van der Waals surface area (Å²) >= 11 is 0. The van der Waals surface area contributed by atoms with Crippen LogP contribution in [-0.2, 0) is 4.79 Å². The predicted octanol–water partition coefficient (Wildman–Crippen LogP) is 3.69. The van der Waals surface area contributed by atoms with Crippen molar-refractivity contribution in [3.8, 4) is 0 Å². The van der Waals surface area contributed by atoms with Gasteiger partial charge >= 0.3 is 0 Å². The second-order valence-electron chi connectivity index (χ2n) is 5.64. The summed E-state index contributed by atoms with van der Waals surface area (Å²) < 4.78 is 0. The lowest BCUT2D eigenvalue weighted by Gasteiger charge is -2.27. The Morgan fingerprint density at radius 3 is 2.55 bits per heavy atom. The number of fused-ring (bicyclic) bond motifs is 1. The van der Waals surface area contributed by atoms with Gasteiger partial charge in [0.1, 0.15) is 0 Å². The van der Waals surface area contributed by atoms with Gasteiger partial charge in [-0.15, -0.1) is 0 Å². The molecule has 22 heavy (non-hydrogen) atoms. The van der Waals surface area contributed by atoms with Crippen molar-refractivity contribution in [3.63, 3.8) is 0 Å². The fourth-order valence-corrected chi connectivity index (χ4v) is 2.96. The molecular weight excluding hydrogens is 280 g/mol. The molecule has 0 radical (unpaired) electrons. The lowest BCUT2D eigenvalue weighted by molar-refractivity contribution is -0.385. The van der Waals surface area contributed by atoms with Crippen LogP contribution in [0.4, 0.5) is 11.4 Å². The molecule has 3 rings (SSSR count). The molecule has 0 spiro atoms. The SMILES string of the molecule is Cc1cc2c(cc1C)[C@@H](c1ccccc1[N+](=O)[O-])CC(=O)N2. The van der Waals surface area contributed by atoms with Gasteiger partial charge in [0.2, 0.25) is 5.91 Å². The molecule has 1 atom stereocenters. The largest absolute Gasteiger partial charge is 0.326 e. The van der Waals surface area contributed by atoms with Gasteiger partial charge in [0, 0.05) is 29.7 Å². The molecule has 2 aromatic rings. The minimum atomic E-state index is -0.386. The Labute approximate surface area is 128 Å². The number of rotatable bonds is 2. The molecule has 2 aromatic carbocycles. The molecule has 1 heterocycles. The highest BCUT2D eigenvalue weighted by molar-refractivity contribution is 5.95. The van der Waals surface area contributed by atoms with Gasteiger partial charge in [-0.25, -0.2) is 0 Å². The topological polar surface area (TPSA) is 72.2 Å². The van der Waals surface area contributed by atoms with Crippen molar-refractivity contribution < 1.29 is 9.72 Å². The van der Waals surface area contributed by atoms with Gasteiger partial charge in [-0.2, -0.15) is 0 Å². The summed E-state index contributed by atoms with van der Waals surface area (Å²) in [6, 6.07) is 10.6. The fourth-order valence-electron chi connectivity index (χ4n) is 2.96. The third-order valence-corrected chi connectivity index (χ3v) is 4.21. The molecule has 112 valence electrons. The van der Waals surface area contributed by atoms with E-state index in [2.05, 4.69) is 5.32 Å². The van der Waals surface area contributed by atoms with Crippen LogP contribution < -0.4 is 5.32 Å². The highest BCUT2D eigenvalue weighted by atomic mass is 16.6. The number of benzene rings is 2. The Hall–Kier alpha value is -2.69. The fraction of sp³-hybridized carbons (Fsp3) is 0.235.